The Hall–Kier alpha value is -3.18. The molecule has 4 rings (SSSR count). The van der Waals surface area contributed by atoms with Gasteiger partial charge in [-0.3, -0.25) is 0 Å². The SMILES string of the molecule is Cc1ccc(OC(=O)c2ccccc2Cl)c(-n2nc3ccccc3n2)c1. The molecule has 0 bridgehead atoms. The van der Waals surface area contributed by atoms with E-state index in [4.69, 9.17) is 16.3 Å². The second kappa shape index (κ2) is 6.61. The monoisotopic (exact) mass is 363 g/mol. The molecule has 0 unspecified atom stereocenters. The third kappa shape index (κ3) is 3.05. The summed E-state index contributed by atoms with van der Waals surface area (Å²) >= 11 is 6.09. The van der Waals surface area contributed by atoms with Gasteiger partial charge in [-0.2, -0.15) is 0 Å². The summed E-state index contributed by atoms with van der Waals surface area (Å²) in [5, 5.41) is 9.28. The second-order valence-corrected chi connectivity index (χ2v) is 6.23. The number of ether oxygens (including phenoxy) is 1. The van der Waals surface area contributed by atoms with E-state index in [0.29, 0.717) is 22.0 Å². The van der Waals surface area contributed by atoms with E-state index in [0.717, 1.165) is 16.6 Å². The summed E-state index contributed by atoms with van der Waals surface area (Å²) in [6.45, 7) is 1.95. The number of halogens is 1. The molecule has 0 N–H and O–H groups in total. The summed E-state index contributed by atoms with van der Waals surface area (Å²) in [4.78, 5) is 14.0. The highest BCUT2D eigenvalue weighted by atomic mass is 35.5. The van der Waals surface area contributed by atoms with Crippen LogP contribution in [0.15, 0.2) is 66.7 Å². The maximum atomic E-state index is 12.5. The number of rotatable bonds is 3. The molecule has 6 heteroatoms. The van der Waals surface area contributed by atoms with Crippen molar-refractivity contribution in [3.63, 3.8) is 0 Å². The van der Waals surface area contributed by atoms with Crippen LogP contribution in [0.1, 0.15) is 15.9 Å². The molecule has 0 saturated heterocycles. The van der Waals surface area contributed by atoms with Crippen LogP contribution >= 0.6 is 11.6 Å². The van der Waals surface area contributed by atoms with Crippen molar-refractivity contribution in [1.29, 1.82) is 0 Å². The molecule has 4 aromatic rings. The van der Waals surface area contributed by atoms with Crippen molar-refractivity contribution in [2.75, 3.05) is 0 Å². The first-order valence-corrected chi connectivity index (χ1v) is 8.39. The van der Waals surface area contributed by atoms with Crippen LogP contribution in [-0.2, 0) is 0 Å². The Balaban J connectivity index is 1.75. The number of carbonyl (C=O) groups is 1. The normalized spacial score (nSPS) is 10.8. The number of hydrogen-bond acceptors (Lipinski definition) is 4. The number of aromatic nitrogens is 3. The molecule has 0 aliphatic carbocycles. The van der Waals surface area contributed by atoms with Crippen molar-refractivity contribution in [2.24, 2.45) is 0 Å². The molecule has 1 aromatic heterocycles. The number of esters is 1. The van der Waals surface area contributed by atoms with E-state index in [2.05, 4.69) is 10.2 Å². The van der Waals surface area contributed by atoms with Gasteiger partial charge in [0.1, 0.15) is 16.7 Å². The van der Waals surface area contributed by atoms with E-state index in [9.17, 15) is 4.79 Å². The Morgan fingerprint density at radius 1 is 0.962 bits per heavy atom. The summed E-state index contributed by atoms with van der Waals surface area (Å²) in [6.07, 6.45) is 0. The van der Waals surface area contributed by atoms with Gasteiger partial charge in [0, 0.05) is 0 Å². The average Bonchev–Trinajstić information content (AvgIpc) is 3.07. The number of fused-ring (bicyclic) bond motifs is 1. The van der Waals surface area contributed by atoms with E-state index >= 15 is 0 Å². The molecule has 3 aromatic carbocycles. The van der Waals surface area contributed by atoms with Crippen molar-refractivity contribution >= 4 is 28.6 Å². The van der Waals surface area contributed by atoms with Crippen LogP contribution < -0.4 is 4.74 Å². The molecular formula is C20H14ClN3O2. The van der Waals surface area contributed by atoms with Crippen LogP contribution in [0.4, 0.5) is 0 Å². The Labute approximate surface area is 154 Å². The average molecular weight is 364 g/mol. The fourth-order valence-electron chi connectivity index (χ4n) is 2.62. The van der Waals surface area contributed by atoms with Crippen molar-refractivity contribution < 1.29 is 9.53 Å². The molecule has 0 spiro atoms. The predicted octanol–water partition coefficient (Wildman–Crippen LogP) is 4.60. The number of hydrogen-bond donors (Lipinski definition) is 0. The summed E-state index contributed by atoms with van der Waals surface area (Å²) < 4.78 is 5.59. The first kappa shape index (κ1) is 16.3. The maximum absolute atomic E-state index is 12.5. The van der Waals surface area contributed by atoms with Gasteiger partial charge in [-0.05, 0) is 48.9 Å². The van der Waals surface area contributed by atoms with Gasteiger partial charge in [0.15, 0.2) is 5.75 Å². The van der Waals surface area contributed by atoms with E-state index in [-0.39, 0.29) is 0 Å². The Kier molecular flexibility index (Phi) is 4.14. The quantitative estimate of drug-likeness (QED) is 0.394. The Morgan fingerprint density at radius 3 is 2.31 bits per heavy atom. The zero-order valence-electron chi connectivity index (χ0n) is 13.9. The van der Waals surface area contributed by atoms with Gasteiger partial charge in [0.25, 0.3) is 0 Å². The fourth-order valence-corrected chi connectivity index (χ4v) is 2.83. The molecular weight excluding hydrogens is 350 g/mol. The summed E-state index contributed by atoms with van der Waals surface area (Å²) in [5.74, 6) is -0.168. The smallest absolute Gasteiger partial charge is 0.345 e. The highest BCUT2D eigenvalue weighted by molar-refractivity contribution is 6.33. The van der Waals surface area contributed by atoms with Crippen LogP contribution in [0.5, 0.6) is 5.75 Å². The predicted molar refractivity (Wildman–Crippen MR) is 100 cm³/mol. The molecule has 1 heterocycles. The molecule has 0 fully saturated rings. The molecule has 128 valence electrons. The van der Waals surface area contributed by atoms with Crippen molar-refractivity contribution in [3.8, 4) is 11.4 Å². The van der Waals surface area contributed by atoms with Gasteiger partial charge in [-0.15, -0.1) is 15.0 Å². The summed E-state index contributed by atoms with van der Waals surface area (Å²) in [7, 11) is 0. The Bertz CT molecular complexity index is 1090. The highest BCUT2D eigenvalue weighted by Crippen LogP contribution is 2.26. The number of nitrogens with zero attached hydrogens (tertiary/aromatic N) is 3. The van der Waals surface area contributed by atoms with Gasteiger partial charge in [-0.25, -0.2) is 4.79 Å². The van der Waals surface area contributed by atoms with E-state index in [1.807, 2.05) is 43.3 Å². The minimum atomic E-state index is -0.530. The zero-order chi connectivity index (χ0) is 18.1. The second-order valence-electron chi connectivity index (χ2n) is 5.82. The van der Waals surface area contributed by atoms with Crippen molar-refractivity contribution in [2.45, 2.75) is 6.92 Å². The molecule has 5 nitrogen and oxygen atoms in total. The minimum absolute atomic E-state index is 0.305. The molecule has 0 amide bonds. The van der Waals surface area contributed by atoms with Crippen LogP contribution in [0.25, 0.3) is 16.7 Å². The van der Waals surface area contributed by atoms with Crippen molar-refractivity contribution in [3.05, 3.63) is 82.9 Å². The third-order valence-corrected chi connectivity index (χ3v) is 4.24. The van der Waals surface area contributed by atoms with Gasteiger partial charge < -0.3 is 4.74 Å². The molecule has 26 heavy (non-hydrogen) atoms. The zero-order valence-corrected chi connectivity index (χ0v) is 14.6. The third-order valence-electron chi connectivity index (χ3n) is 3.91. The largest absolute Gasteiger partial charge is 0.421 e. The van der Waals surface area contributed by atoms with Crippen LogP contribution in [0.3, 0.4) is 0 Å². The highest BCUT2D eigenvalue weighted by Gasteiger charge is 2.17. The van der Waals surface area contributed by atoms with Gasteiger partial charge >= 0.3 is 5.97 Å². The Morgan fingerprint density at radius 2 is 1.62 bits per heavy atom. The first-order chi connectivity index (χ1) is 12.6. The van der Waals surface area contributed by atoms with Gasteiger partial charge in [-0.1, -0.05) is 41.9 Å². The summed E-state index contributed by atoms with van der Waals surface area (Å²) in [6, 6.07) is 19.8. The minimum Gasteiger partial charge on any atom is -0.421 e. The van der Waals surface area contributed by atoms with Crippen LogP contribution in [0.2, 0.25) is 5.02 Å². The molecule has 0 radical (unpaired) electrons. The molecule has 0 aliphatic rings. The first-order valence-electron chi connectivity index (χ1n) is 8.01. The fraction of sp³-hybridized carbons (Fsp3) is 0.0500. The topological polar surface area (TPSA) is 57.0 Å². The lowest BCUT2D eigenvalue weighted by atomic mass is 10.2. The van der Waals surface area contributed by atoms with E-state index < -0.39 is 5.97 Å². The molecule has 0 atom stereocenters. The number of carbonyl (C=O) groups excluding carboxylic acids is 1. The van der Waals surface area contributed by atoms with Crippen molar-refractivity contribution in [1.82, 2.24) is 15.0 Å². The van der Waals surface area contributed by atoms with Crippen LogP contribution in [-0.4, -0.2) is 21.0 Å². The van der Waals surface area contributed by atoms with Crippen LogP contribution in [0, 0.1) is 6.92 Å². The van der Waals surface area contributed by atoms with Gasteiger partial charge in [0.2, 0.25) is 0 Å². The van der Waals surface area contributed by atoms with E-state index in [1.165, 1.54) is 4.80 Å². The standard InChI is InChI=1S/C20H14ClN3O2/c1-13-10-11-19(26-20(25)14-6-2-3-7-15(14)21)18(12-13)24-22-16-8-4-5-9-17(16)23-24/h2-12H,1H3. The van der Waals surface area contributed by atoms with E-state index in [1.54, 1.807) is 30.3 Å². The number of aryl methyl sites for hydroxylation is 1. The maximum Gasteiger partial charge on any atom is 0.345 e. The van der Waals surface area contributed by atoms with Gasteiger partial charge in [0.05, 0.1) is 10.6 Å². The lowest BCUT2D eigenvalue weighted by Gasteiger charge is -2.10. The summed E-state index contributed by atoms with van der Waals surface area (Å²) in [5.41, 5.74) is 3.41. The molecule has 0 aliphatic heterocycles. The number of benzene rings is 3. The molecule has 0 saturated carbocycles. The lowest BCUT2D eigenvalue weighted by Crippen LogP contribution is -2.12. The lowest BCUT2D eigenvalue weighted by molar-refractivity contribution is 0.0734.